The van der Waals surface area contributed by atoms with Crippen LogP contribution in [0.25, 0.3) is 0 Å². The maximum atomic E-state index is 5.91. The average Bonchev–Trinajstić information content (AvgIpc) is 2.76. The van der Waals surface area contributed by atoms with Crippen LogP contribution < -0.4 is 0 Å². The Kier molecular flexibility index (Phi) is 2.73. The molecule has 0 saturated heterocycles. The quantitative estimate of drug-likeness (QED) is 0.801. The third kappa shape index (κ3) is 2.02. The molecule has 0 bridgehead atoms. The Morgan fingerprint density at radius 1 is 1.47 bits per heavy atom. The fourth-order valence-electron chi connectivity index (χ4n) is 1.39. The smallest absolute Gasteiger partial charge is 0.225 e. The van der Waals surface area contributed by atoms with E-state index in [0.29, 0.717) is 11.8 Å². The summed E-state index contributed by atoms with van der Waals surface area (Å²) < 4.78 is 6.80. The Morgan fingerprint density at radius 2 is 2.27 bits per heavy atom. The first-order valence-corrected chi connectivity index (χ1v) is 5.08. The number of aryl methyl sites for hydroxylation is 2. The lowest BCUT2D eigenvalue weighted by Gasteiger charge is -2.02. The van der Waals surface area contributed by atoms with Gasteiger partial charge in [-0.3, -0.25) is 4.57 Å². The second-order valence-corrected chi connectivity index (χ2v) is 3.59. The second-order valence-electron chi connectivity index (χ2n) is 3.25. The molecule has 0 amide bonds. The predicted molar refractivity (Wildman–Crippen MR) is 54.8 cm³/mol. The van der Waals surface area contributed by atoms with E-state index in [2.05, 4.69) is 15.4 Å². The minimum atomic E-state index is 0.382. The average molecular weight is 227 g/mol. The largest absolute Gasteiger partial charge is 0.361 e. The number of hydrogen-bond donors (Lipinski definition) is 0. The fourth-order valence-corrected chi connectivity index (χ4v) is 1.58. The summed E-state index contributed by atoms with van der Waals surface area (Å²) in [5.74, 6) is 1.63. The SMILES string of the molecule is CCc1nnc(Cl)n1Cc1cc(C)on1. The molecule has 0 radical (unpaired) electrons. The standard InChI is InChI=1S/C9H11ClN4O/c1-3-8-11-12-9(10)14(8)5-7-4-6(2)15-13-7/h4H,3,5H2,1-2H3. The van der Waals surface area contributed by atoms with E-state index in [-0.39, 0.29) is 0 Å². The molecule has 0 aliphatic carbocycles. The van der Waals surface area contributed by atoms with Gasteiger partial charge in [0.05, 0.1) is 6.54 Å². The van der Waals surface area contributed by atoms with Crippen LogP contribution in [-0.4, -0.2) is 19.9 Å². The first kappa shape index (κ1) is 10.2. The van der Waals surface area contributed by atoms with Gasteiger partial charge in [-0.1, -0.05) is 12.1 Å². The number of nitrogens with zero attached hydrogens (tertiary/aromatic N) is 4. The van der Waals surface area contributed by atoms with Crippen molar-refractivity contribution in [3.63, 3.8) is 0 Å². The lowest BCUT2D eigenvalue weighted by Crippen LogP contribution is -2.04. The second kappa shape index (κ2) is 4.02. The molecule has 0 saturated carbocycles. The summed E-state index contributed by atoms with van der Waals surface area (Å²) in [5.41, 5.74) is 0.823. The van der Waals surface area contributed by atoms with E-state index in [4.69, 9.17) is 16.1 Å². The Morgan fingerprint density at radius 3 is 2.87 bits per heavy atom. The molecule has 0 fully saturated rings. The van der Waals surface area contributed by atoms with Crippen molar-refractivity contribution in [1.82, 2.24) is 19.9 Å². The van der Waals surface area contributed by atoms with Gasteiger partial charge in [0, 0.05) is 12.5 Å². The molecule has 0 aliphatic heterocycles. The minimum absolute atomic E-state index is 0.382. The molecular formula is C9H11ClN4O. The fraction of sp³-hybridized carbons (Fsp3) is 0.444. The summed E-state index contributed by atoms with van der Waals surface area (Å²) in [5, 5.41) is 12.0. The van der Waals surface area contributed by atoms with Crippen molar-refractivity contribution in [2.24, 2.45) is 0 Å². The molecule has 0 aromatic carbocycles. The molecular weight excluding hydrogens is 216 g/mol. The third-order valence-electron chi connectivity index (χ3n) is 2.10. The van der Waals surface area contributed by atoms with Gasteiger partial charge in [-0.05, 0) is 18.5 Å². The Balaban J connectivity index is 2.26. The van der Waals surface area contributed by atoms with Gasteiger partial charge in [0.1, 0.15) is 17.3 Å². The summed E-state index contributed by atoms with van der Waals surface area (Å²) in [4.78, 5) is 0. The Labute approximate surface area is 92.0 Å². The highest BCUT2D eigenvalue weighted by Gasteiger charge is 2.10. The highest BCUT2D eigenvalue weighted by Crippen LogP contribution is 2.12. The van der Waals surface area contributed by atoms with E-state index < -0.39 is 0 Å². The summed E-state index contributed by atoms with van der Waals surface area (Å²) in [6, 6.07) is 1.87. The van der Waals surface area contributed by atoms with E-state index in [1.165, 1.54) is 0 Å². The monoisotopic (exact) mass is 226 g/mol. The Hall–Kier alpha value is -1.36. The molecule has 2 aromatic heterocycles. The maximum absolute atomic E-state index is 5.91. The minimum Gasteiger partial charge on any atom is -0.361 e. The van der Waals surface area contributed by atoms with Crippen molar-refractivity contribution in [3.05, 3.63) is 28.6 Å². The van der Waals surface area contributed by atoms with Crippen molar-refractivity contribution in [1.29, 1.82) is 0 Å². The van der Waals surface area contributed by atoms with Gasteiger partial charge in [0.15, 0.2) is 0 Å². The molecule has 0 atom stereocenters. The molecule has 6 heteroatoms. The van der Waals surface area contributed by atoms with Crippen molar-refractivity contribution < 1.29 is 4.52 Å². The number of rotatable bonds is 3. The Bertz CT molecular complexity index is 462. The molecule has 2 rings (SSSR count). The molecule has 80 valence electrons. The molecule has 2 aromatic rings. The first-order valence-electron chi connectivity index (χ1n) is 4.70. The van der Waals surface area contributed by atoms with E-state index in [1.807, 2.05) is 24.5 Å². The van der Waals surface area contributed by atoms with Crippen molar-refractivity contribution in [2.75, 3.05) is 0 Å². The van der Waals surface area contributed by atoms with E-state index in [0.717, 1.165) is 23.7 Å². The van der Waals surface area contributed by atoms with Gasteiger partial charge < -0.3 is 4.52 Å². The highest BCUT2D eigenvalue weighted by molar-refractivity contribution is 6.28. The molecule has 2 heterocycles. The van der Waals surface area contributed by atoms with Crippen molar-refractivity contribution >= 4 is 11.6 Å². The summed E-state index contributed by atoms with van der Waals surface area (Å²) in [6.45, 7) is 4.40. The van der Waals surface area contributed by atoms with Crippen LogP contribution in [-0.2, 0) is 13.0 Å². The molecule has 5 nitrogen and oxygen atoms in total. The van der Waals surface area contributed by atoms with Crippen LogP contribution in [0.15, 0.2) is 10.6 Å². The maximum Gasteiger partial charge on any atom is 0.225 e. The molecule has 0 spiro atoms. The van der Waals surface area contributed by atoms with Crippen molar-refractivity contribution in [3.8, 4) is 0 Å². The third-order valence-corrected chi connectivity index (χ3v) is 2.37. The highest BCUT2D eigenvalue weighted by atomic mass is 35.5. The lowest BCUT2D eigenvalue weighted by atomic mass is 10.3. The first-order chi connectivity index (χ1) is 7.20. The number of halogens is 1. The van der Waals surface area contributed by atoms with Gasteiger partial charge in [0.2, 0.25) is 5.28 Å². The lowest BCUT2D eigenvalue weighted by molar-refractivity contribution is 0.388. The van der Waals surface area contributed by atoms with E-state index in [9.17, 15) is 0 Å². The van der Waals surface area contributed by atoms with Gasteiger partial charge >= 0.3 is 0 Å². The van der Waals surface area contributed by atoms with Crippen LogP contribution in [0.5, 0.6) is 0 Å². The normalized spacial score (nSPS) is 10.9. The molecule has 0 aliphatic rings. The summed E-state index contributed by atoms with van der Waals surface area (Å²) >= 11 is 5.91. The van der Waals surface area contributed by atoms with Crippen molar-refractivity contribution in [2.45, 2.75) is 26.8 Å². The zero-order valence-corrected chi connectivity index (χ0v) is 9.32. The zero-order valence-electron chi connectivity index (χ0n) is 8.57. The van der Waals surface area contributed by atoms with Crippen LogP contribution in [0, 0.1) is 6.92 Å². The predicted octanol–water partition coefficient (Wildman–Crippen LogP) is 1.84. The number of aromatic nitrogens is 4. The topological polar surface area (TPSA) is 56.7 Å². The zero-order chi connectivity index (χ0) is 10.8. The van der Waals surface area contributed by atoms with Crippen LogP contribution >= 0.6 is 11.6 Å². The van der Waals surface area contributed by atoms with Gasteiger partial charge in [-0.15, -0.1) is 10.2 Å². The number of hydrogen-bond acceptors (Lipinski definition) is 4. The van der Waals surface area contributed by atoms with Crippen LogP contribution in [0.2, 0.25) is 5.28 Å². The van der Waals surface area contributed by atoms with Gasteiger partial charge in [-0.2, -0.15) is 0 Å². The molecule has 15 heavy (non-hydrogen) atoms. The van der Waals surface area contributed by atoms with Crippen LogP contribution in [0.3, 0.4) is 0 Å². The van der Waals surface area contributed by atoms with Gasteiger partial charge in [-0.25, -0.2) is 0 Å². The summed E-state index contributed by atoms with van der Waals surface area (Å²) in [6.07, 6.45) is 0.788. The summed E-state index contributed by atoms with van der Waals surface area (Å²) in [7, 11) is 0. The van der Waals surface area contributed by atoms with Crippen LogP contribution in [0.4, 0.5) is 0 Å². The van der Waals surface area contributed by atoms with E-state index in [1.54, 1.807) is 0 Å². The van der Waals surface area contributed by atoms with E-state index >= 15 is 0 Å². The van der Waals surface area contributed by atoms with Gasteiger partial charge in [0.25, 0.3) is 0 Å². The van der Waals surface area contributed by atoms with Crippen LogP contribution in [0.1, 0.15) is 24.2 Å². The molecule has 0 N–H and O–H groups in total. The molecule has 0 unspecified atom stereocenters.